The monoisotopic (exact) mass is 321 g/mol. The zero-order valence-corrected chi connectivity index (χ0v) is 13.2. The molecule has 0 fully saturated rings. The minimum Gasteiger partial charge on any atom is -0.507 e. The van der Waals surface area contributed by atoms with E-state index in [2.05, 4.69) is 4.99 Å². The van der Waals surface area contributed by atoms with Gasteiger partial charge in [0, 0.05) is 28.9 Å². The van der Waals surface area contributed by atoms with Crippen molar-refractivity contribution in [3.05, 3.63) is 40.9 Å². The normalized spacial score (nSPS) is 10.7. The van der Waals surface area contributed by atoms with E-state index in [1.165, 1.54) is 33.6 Å². The van der Waals surface area contributed by atoms with Gasteiger partial charge in [0.2, 0.25) is 5.75 Å². The lowest BCUT2D eigenvalue weighted by Crippen LogP contribution is -1.94. The van der Waals surface area contributed by atoms with Crippen LogP contribution in [0, 0.1) is 0 Å². The van der Waals surface area contributed by atoms with Gasteiger partial charge in [0.25, 0.3) is 0 Å². The summed E-state index contributed by atoms with van der Waals surface area (Å²) >= 11 is 5.90. The van der Waals surface area contributed by atoms with Crippen molar-refractivity contribution >= 4 is 23.5 Å². The number of rotatable bonds is 5. The number of nitrogens with zero attached hydrogens (tertiary/aromatic N) is 1. The molecule has 1 N–H and O–H groups in total. The van der Waals surface area contributed by atoms with Gasteiger partial charge in [-0.1, -0.05) is 11.6 Å². The summed E-state index contributed by atoms with van der Waals surface area (Å²) in [5.41, 5.74) is 1.11. The first-order valence-corrected chi connectivity index (χ1v) is 6.79. The Morgan fingerprint density at radius 3 is 2.18 bits per heavy atom. The summed E-state index contributed by atoms with van der Waals surface area (Å²) in [5.74, 6) is 1.60. The molecule has 0 heterocycles. The number of hydrogen-bond donors (Lipinski definition) is 1. The highest BCUT2D eigenvalue weighted by atomic mass is 35.5. The summed E-state index contributed by atoms with van der Waals surface area (Å²) in [5, 5.41) is 10.3. The van der Waals surface area contributed by atoms with Gasteiger partial charge in [0.15, 0.2) is 11.5 Å². The van der Waals surface area contributed by atoms with Crippen LogP contribution in [0.25, 0.3) is 0 Å². The molecule has 0 unspecified atom stereocenters. The van der Waals surface area contributed by atoms with Crippen molar-refractivity contribution < 1.29 is 19.3 Å². The highest BCUT2D eigenvalue weighted by Gasteiger charge is 2.12. The van der Waals surface area contributed by atoms with Crippen molar-refractivity contribution in [2.75, 3.05) is 21.3 Å². The predicted molar refractivity (Wildman–Crippen MR) is 86.5 cm³/mol. The molecule has 6 heteroatoms. The van der Waals surface area contributed by atoms with Crippen LogP contribution < -0.4 is 14.2 Å². The van der Waals surface area contributed by atoms with Crippen LogP contribution >= 0.6 is 11.6 Å². The smallest absolute Gasteiger partial charge is 0.203 e. The average molecular weight is 322 g/mol. The first-order chi connectivity index (χ1) is 10.6. The fourth-order valence-electron chi connectivity index (χ4n) is 1.91. The maximum atomic E-state index is 9.78. The lowest BCUT2D eigenvalue weighted by Gasteiger charge is -2.12. The Kier molecular flexibility index (Phi) is 5.12. The highest BCUT2D eigenvalue weighted by molar-refractivity contribution is 6.30. The topological polar surface area (TPSA) is 60.3 Å². The quantitative estimate of drug-likeness (QED) is 0.850. The van der Waals surface area contributed by atoms with Crippen LogP contribution in [-0.2, 0) is 0 Å². The van der Waals surface area contributed by atoms with Gasteiger partial charge in [-0.3, -0.25) is 4.99 Å². The number of ether oxygens (including phenoxy) is 3. The molecule has 0 aromatic heterocycles. The molecule has 0 bridgehead atoms. The third-order valence-electron chi connectivity index (χ3n) is 2.99. The van der Waals surface area contributed by atoms with Crippen molar-refractivity contribution in [2.45, 2.75) is 0 Å². The Bertz CT molecular complexity index is 676. The molecule has 0 spiro atoms. The van der Waals surface area contributed by atoms with E-state index in [9.17, 15) is 5.11 Å². The Morgan fingerprint density at radius 2 is 1.64 bits per heavy atom. The van der Waals surface area contributed by atoms with E-state index >= 15 is 0 Å². The summed E-state index contributed by atoms with van der Waals surface area (Å²) in [6.45, 7) is 0. The van der Waals surface area contributed by atoms with Gasteiger partial charge in [0.1, 0.15) is 5.75 Å². The number of benzene rings is 2. The van der Waals surface area contributed by atoms with E-state index in [-0.39, 0.29) is 5.75 Å². The number of halogens is 1. The van der Waals surface area contributed by atoms with Crippen LogP contribution in [0.1, 0.15) is 5.56 Å². The standard InChI is InChI=1S/C16H16ClNO4/c1-20-14-7-12(8-15(21-2)16(14)22-3)18-9-10-6-11(17)4-5-13(10)19/h4-9,19H,1-3H3/b18-9+. The van der Waals surface area contributed by atoms with Crippen molar-refractivity contribution in [2.24, 2.45) is 4.99 Å². The van der Waals surface area contributed by atoms with E-state index < -0.39 is 0 Å². The summed E-state index contributed by atoms with van der Waals surface area (Å²) in [7, 11) is 4.61. The molecule has 0 saturated carbocycles. The maximum Gasteiger partial charge on any atom is 0.203 e. The second-order valence-corrected chi connectivity index (χ2v) is 4.78. The fraction of sp³-hybridized carbons (Fsp3) is 0.188. The number of methoxy groups -OCH3 is 3. The van der Waals surface area contributed by atoms with E-state index in [0.29, 0.717) is 33.5 Å². The Morgan fingerprint density at radius 1 is 1.00 bits per heavy atom. The second-order valence-electron chi connectivity index (χ2n) is 4.34. The summed E-state index contributed by atoms with van der Waals surface area (Å²) in [6.07, 6.45) is 1.52. The van der Waals surface area contributed by atoms with E-state index in [1.54, 1.807) is 24.3 Å². The SMILES string of the molecule is COc1cc(/N=C/c2cc(Cl)ccc2O)cc(OC)c1OC. The molecule has 2 rings (SSSR count). The summed E-state index contributed by atoms with van der Waals surface area (Å²) in [6, 6.07) is 8.16. The van der Waals surface area contributed by atoms with Crippen LogP contribution in [0.3, 0.4) is 0 Å². The molecule has 22 heavy (non-hydrogen) atoms. The third-order valence-corrected chi connectivity index (χ3v) is 3.23. The fourth-order valence-corrected chi connectivity index (χ4v) is 2.10. The summed E-state index contributed by atoms with van der Waals surface area (Å²) in [4.78, 5) is 4.31. The maximum absolute atomic E-state index is 9.78. The van der Waals surface area contributed by atoms with Gasteiger partial charge in [-0.25, -0.2) is 0 Å². The van der Waals surface area contributed by atoms with Gasteiger partial charge in [-0.2, -0.15) is 0 Å². The summed E-state index contributed by atoms with van der Waals surface area (Å²) < 4.78 is 15.8. The molecule has 0 atom stereocenters. The predicted octanol–water partition coefficient (Wildman–Crippen LogP) is 3.82. The number of hydrogen-bond acceptors (Lipinski definition) is 5. The molecule has 0 amide bonds. The molecular weight excluding hydrogens is 306 g/mol. The van der Waals surface area contributed by atoms with E-state index in [4.69, 9.17) is 25.8 Å². The van der Waals surface area contributed by atoms with Gasteiger partial charge in [-0.15, -0.1) is 0 Å². The number of aliphatic imine (C=N–C) groups is 1. The van der Waals surface area contributed by atoms with Gasteiger partial charge in [0.05, 0.1) is 27.0 Å². The second kappa shape index (κ2) is 7.04. The number of aromatic hydroxyl groups is 1. The molecule has 0 aliphatic rings. The molecule has 0 radical (unpaired) electrons. The van der Waals surface area contributed by atoms with E-state index in [0.717, 1.165) is 0 Å². The van der Waals surface area contributed by atoms with Crippen LogP contribution in [0.5, 0.6) is 23.0 Å². The van der Waals surface area contributed by atoms with Crippen molar-refractivity contribution in [1.29, 1.82) is 0 Å². The first kappa shape index (κ1) is 16.0. The Balaban J connectivity index is 2.40. The largest absolute Gasteiger partial charge is 0.507 e. The molecule has 2 aromatic carbocycles. The molecular formula is C16H16ClNO4. The van der Waals surface area contributed by atoms with Crippen molar-refractivity contribution in [1.82, 2.24) is 0 Å². The molecule has 0 aliphatic carbocycles. The molecule has 0 saturated heterocycles. The Hall–Kier alpha value is -2.40. The zero-order chi connectivity index (χ0) is 16.1. The number of phenolic OH excluding ortho intramolecular Hbond substituents is 1. The lowest BCUT2D eigenvalue weighted by atomic mass is 10.2. The minimum absolute atomic E-state index is 0.0978. The lowest BCUT2D eigenvalue weighted by molar-refractivity contribution is 0.324. The average Bonchev–Trinajstić information content (AvgIpc) is 2.54. The molecule has 0 aliphatic heterocycles. The van der Waals surface area contributed by atoms with Crippen LogP contribution in [0.4, 0.5) is 5.69 Å². The Labute approximate surface area is 133 Å². The zero-order valence-electron chi connectivity index (χ0n) is 12.5. The van der Waals surface area contributed by atoms with Crippen molar-refractivity contribution in [3.8, 4) is 23.0 Å². The number of phenols is 1. The van der Waals surface area contributed by atoms with Crippen LogP contribution in [0.2, 0.25) is 5.02 Å². The van der Waals surface area contributed by atoms with Gasteiger partial charge < -0.3 is 19.3 Å². The van der Waals surface area contributed by atoms with Crippen LogP contribution in [0.15, 0.2) is 35.3 Å². The molecule has 116 valence electrons. The van der Waals surface area contributed by atoms with Crippen LogP contribution in [-0.4, -0.2) is 32.7 Å². The third kappa shape index (κ3) is 3.43. The van der Waals surface area contributed by atoms with Crippen molar-refractivity contribution in [3.63, 3.8) is 0 Å². The minimum atomic E-state index is 0.0978. The highest BCUT2D eigenvalue weighted by Crippen LogP contribution is 2.40. The van der Waals surface area contributed by atoms with Gasteiger partial charge in [-0.05, 0) is 18.2 Å². The molecule has 5 nitrogen and oxygen atoms in total. The first-order valence-electron chi connectivity index (χ1n) is 6.41. The van der Waals surface area contributed by atoms with Gasteiger partial charge >= 0.3 is 0 Å². The molecule has 2 aromatic rings. The van der Waals surface area contributed by atoms with E-state index in [1.807, 2.05) is 0 Å².